The van der Waals surface area contributed by atoms with Gasteiger partial charge in [0, 0.05) is 17.4 Å². The third kappa shape index (κ3) is 3.02. The second-order valence-corrected chi connectivity index (χ2v) is 6.00. The fourth-order valence-electron chi connectivity index (χ4n) is 2.27. The molecule has 1 aliphatic carbocycles. The number of hydrogen-bond donors (Lipinski definition) is 0. The van der Waals surface area contributed by atoms with Crippen molar-refractivity contribution in [2.75, 3.05) is 6.61 Å². The lowest BCUT2D eigenvalue weighted by atomic mass is 9.68. The maximum Gasteiger partial charge on any atom is 0.0654 e. The molecule has 0 heterocycles. The van der Waals surface area contributed by atoms with Crippen LogP contribution in [0.1, 0.15) is 32.3 Å². The number of alkyl halides is 1. The van der Waals surface area contributed by atoms with Gasteiger partial charge in [-0.15, -0.1) is 11.6 Å². The number of aryl methyl sites for hydroxylation is 1. The summed E-state index contributed by atoms with van der Waals surface area (Å²) in [5, 5.41) is 0.279. The number of halogens is 1. The smallest absolute Gasteiger partial charge is 0.0654 e. The highest BCUT2D eigenvalue weighted by atomic mass is 35.5. The largest absolute Gasteiger partial charge is 0.378 e. The van der Waals surface area contributed by atoms with Gasteiger partial charge in [-0.05, 0) is 24.8 Å². The van der Waals surface area contributed by atoms with Gasteiger partial charge in [0.1, 0.15) is 0 Å². The average Bonchev–Trinajstić information content (AvgIpc) is 2.34. The lowest BCUT2D eigenvalue weighted by Gasteiger charge is -2.48. The second kappa shape index (κ2) is 5.41. The van der Waals surface area contributed by atoms with E-state index in [1.807, 2.05) is 0 Å². The monoisotopic (exact) mass is 252 g/mol. The van der Waals surface area contributed by atoms with Crippen LogP contribution in [0.15, 0.2) is 30.3 Å². The van der Waals surface area contributed by atoms with E-state index in [1.165, 1.54) is 5.56 Å². The van der Waals surface area contributed by atoms with E-state index < -0.39 is 0 Å². The summed E-state index contributed by atoms with van der Waals surface area (Å²) in [4.78, 5) is 0. The van der Waals surface area contributed by atoms with Gasteiger partial charge in [-0.25, -0.2) is 0 Å². The summed E-state index contributed by atoms with van der Waals surface area (Å²) in [5.74, 6) is 0. The highest BCUT2D eigenvalue weighted by molar-refractivity contribution is 6.21. The third-order valence-electron chi connectivity index (χ3n) is 3.83. The van der Waals surface area contributed by atoms with E-state index in [-0.39, 0.29) is 10.8 Å². The van der Waals surface area contributed by atoms with E-state index in [4.69, 9.17) is 16.3 Å². The Bertz CT molecular complexity index is 347. The molecule has 2 heteroatoms. The van der Waals surface area contributed by atoms with Crippen molar-refractivity contribution in [1.82, 2.24) is 0 Å². The first-order valence-corrected chi connectivity index (χ1v) is 6.84. The van der Waals surface area contributed by atoms with Crippen molar-refractivity contribution in [3.63, 3.8) is 0 Å². The highest BCUT2D eigenvalue weighted by Gasteiger charge is 2.47. The average molecular weight is 253 g/mol. The van der Waals surface area contributed by atoms with E-state index in [0.29, 0.717) is 6.10 Å². The fraction of sp³-hybridized carbons (Fsp3) is 0.600. The summed E-state index contributed by atoms with van der Waals surface area (Å²) in [7, 11) is 0. The molecule has 0 bridgehead atoms. The minimum absolute atomic E-state index is 0.147. The minimum Gasteiger partial charge on any atom is -0.378 e. The van der Waals surface area contributed by atoms with Crippen molar-refractivity contribution in [2.24, 2.45) is 5.41 Å². The van der Waals surface area contributed by atoms with Gasteiger partial charge in [-0.1, -0.05) is 44.2 Å². The van der Waals surface area contributed by atoms with Crippen LogP contribution in [0.2, 0.25) is 0 Å². The van der Waals surface area contributed by atoms with Crippen LogP contribution in [0.5, 0.6) is 0 Å². The van der Waals surface area contributed by atoms with Crippen LogP contribution in [0.4, 0.5) is 0 Å². The molecule has 0 saturated heterocycles. The van der Waals surface area contributed by atoms with Crippen molar-refractivity contribution >= 4 is 11.6 Å². The van der Waals surface area contributed by atoms with Gasteiger partial charge in [-0.3, -0.25) is 0 Å². The van der Waals surface area contributed by atoms with Gasteiger partial charge in [-0.2, -0.15) is 0 Å². The van der Waals surface area contributed by atoms with Crippen molar-refractivity contribution < 1.29 is 4.74 Å². The lowest BCUT2D eigenvalue weighted by molar-refractivity contribution is -0.0889. The molecule has 1 aromatic rings. The van der Waals surface area contributed by atoms with Crippen LogP contribution in [0.25, 0.3) is 0 Å². The Hall–Kier alpha value is -0.530. The van der Waals surface area contributed by atoms with Crippen molar-refractivity contribution in [3.05, 3.63) is 35.9 Å². The van der Waals surface area contributed by atoms with E-state index in [1.54, 1.807) is 0 Å². The SMILES string of the molecule is CC1(C)C(Cl)CC1OCCCc1ccccc1. The predicted octanol–water partition coefficient (Wildman–Crippen LogP) is 4.04. The molecule has 2 rings (SSSR count). The normalized spacial score (nSPS) is 26.5. The molecule has 94 valence electrons. The van der Waals surface area contributed by atoms with E-state index >= 15 is 0 Å². The molecule has 0 amide bonds. The second-order valence-electron chi connectivity index (χ2n) is 5.47. The van der Waals surface area contributed by atoms with Gasteiger partial charge in [0.05, 0.1) is 6.10 Å². The van der Waals surface area contributed by atoms with Crippen LogP contribution < -0.4 is 0 Å². The summed E-state index contributed by atoms with van der Waals surface area (Å²) in [6.07, 6.45) is 3.53. The van der Waals surface area contributed by atoms with Crippen molar-refractivity contribution in [2.45, 2.75) is 44.6 Å². The standard InChI is InChI=1S/C15H21ClO/c1-15(2)13(16)11-14(15)17-10-6-9-12-7-4-3-5-8-12/h3-5,7-8,13-14H,6,9-11H2,1-2H3. The van der Waals surface area contributed by atoms with Crippen LogP contribution in [0.3, 0.4) is 0 Å². The summed E-state index contributed by atoms with van der Waals surface area (Å²) < 4.78 is 5.90. The number of ether oxygens (including phenoxy) is 1. The Morgan fingerprint density at radius 2 is 2.00 bits per heavy atom. The zero-order chi connectivity index (χ0) is 12.3. The first kappa shape index (κ1) is 12.9. The summed E-state index contributed by atoms with van der Waals surface area (Å²) in [6, 6.07) is 10.6. The molecule has 0 aliphatic heterocycles. The van der Waals surface area contributed by atoms with Crippen LogP contribution in [-0.4, -0.2) is 18.1 Å². The topological polar surface area (TPSA) is 9.23 Å². The summed E-state index contributed by atoms with van der Waals surface area (Å²) >= 11 is 6.16. The maximum atomic E-state index is 6.16. The molecule has 2 atom stereocenters. The maximum absolute atomic E-state index is 6.16. The van der Waals surface area contributed by atoms with E-state index in [2.05, 4.69) is 44.2 Å². The molecule has 0 spiro atoms. The molecule has 17 heavy (non-hydrogen) atoms. The molecule has 0 radical (unpaired) electrons. The lowest BCUT2D eigenvalue weighted by Crippen LogP contribution is -2.51. The number of benzene rings is 1. The zero-order valence-electron chi connectivity index (χ0n) is 10.7. The van der Waals surface area contributed by atoms with Gasteiger partial charge in [0.15, 0.2) is 0 Å². The fourth-order valence-corrected chi connectivity index (χ4v) is 2.57. The molecular formula is C15H21ClO. The summed E-state index contributed by atoms with van der Waals surface area (Å²) in [6.45, 7) is 5.22. The minimum atomic E-state index is 0.147. The zero-order valence-corrected chi connectivity index (χ0v) is 11.4. The van der Waals surface area contributed by atoms with Gasteiger partial charge in [0.2, 0.25) is 0 Å². The Morgan fingerprint density at radius 1 is 1.29 bits per heavy atom. The van der Waals surface area contributed by atoms with Crippen molar-refractivity contribution in [1.29, 1.82) is 0 Å². The Labute approximate surface area is 109 Å². The Morgan fingerprint density at radius 3 is 2.59 bits per heavy atom. The molecule has 1 aromatic carbocycles. The number of rotatable bonds is 5. The highest BCUT2D eigenvalue weighted by Crippen LogP contribution is 2.46. The molecule has 0 N–H and O–H groups in total. The first-order valence-electron chi connectivity index (χ1n) is 6.40. The molecular weight excluding hydrogens is 232 g/mol. The molecule has 1 fully saturated rings. The van der Waals surface area contributed by atoms with Crippen LogP contribution >= 0.6 is 11.6 Å². The van der Waals surface area contributed by atoms with Crippen molar-refractivity contribution in [3.8, 4) is 0 Å². The molecule has 1 aliphatic rings. The predicted molar refractivity (Wildman–Crippen MR) is 72.5 cm³/mol. The first-order chi connectivity index (χ1) is 8.10. The van der Waals surface area contributed by atoms with E-state index in [0.717, 1.165) is 25.9 Å². The van der Waals surface area contributed by atoms with Crippen LogP contribution in [-0.2, 0) is 11.2 Å². The van der Waals surface area contributed by atoms with Gasteiger partial charge in [0.25, 0.3) is 0 Å². The quantitative estimate of drug-likeness (QED) is 0.568. The Kier molecular flexibility index (Phi) is 4.11. The van der Waals surface area contributed by atoms with E-state index in [9.17, 15) is 0 Å². The Balaban J connectivity index is 1.65. The van der Waals surface area contributed by atoms with Gasteiger partial charge >= 0.3 is 0 Å². The number of hydrogen-bond acceptors (Lipinski definition) is 1. The van der Waals surface area contributed by atoms with Gasteiger partial charge < -0.3 is 4.74 Å². The molecule has 2 unspecified atom stereocenters. The molecule has 1 nitrogen and oxygen atoms in total. The van der Waals surface area contributed by atoms with Crippen LogP contribution in [0, 0.1) is 5.41 Å². The molecule has 1 saturated carbocycles. The molecule has 0 aromatic heterocycles. The third-order valence-corrected chi connectivity index (χ3v) is 4.57. The summed E-state index contributed by atoms with van der Waals surface area (Å²) in [5.41, 5.74) is 1.54.